The van der Waals surface area contributed by atoms with Gasteiger partial charge in [0, 0.05) is 23.4 Å². The number of amides is 1. The molecule has 5 rings (SSSR count). The lowest BCUT2D eigenvalue weighted by Gasteiger charge is -2.25. The van der Waals surface area contributed by atoms with Crippen molar-refractivity contribution in [2.45, 2.75) is 43.3 Å². The fraction of sp³-hybridized carbons (Fsp3) is 0.348. The summed E-state index contributed by atoms with van der Waals surface area (Å²) in [5, 5.41) is 12.7. The molecule has 3 aromatic rings. The first-order chi connectivity index (χ1) is 15.3. The Kier molecular flexibility index (Phi) is 5.80. The number of ether oxygens (including phenoxy) is 2. The van der Waals surface area contributed by atoms with Gasteiger partial charge in [0.15, 0.2) is 22.5 Å². The van der Waals surface area contributed by atoms with Crippen LogP contribution in [0.2, 0.25) is 0 Å². The molecule has 1 saturated carbocycles. The summed E-state index contributed by atoms with van der Waals surface area (Å²) >= 11 is 1.43. The minimum Gasteiger partial charge on any atom is -0.454 e. The first-order valence-electron chi connectivity index (χ1n) is 10.6. The van der Waals surface area contributed by atoms with E-state index in [9.17, 15) is 4.79 Å². The smallest absolute Gasteiger partial charge is 0.234 e. The van der Waals surface area contributed by atoms with E-state index in [0.717, 1.165) is 29.4 Å². The molecule has 2 heterocycles. The molecule has 1 aromatic heterocycles. The van der Waals surface area contributed by atoms with E-state index >= 15 is 0 Å². The highest BCUT2D eigenvalue weighted by Gasteiger charge is 2.24. The number of rotatable bonds is 6. The third-order valence-corrected chi connectivity index (χ3v) is 6.57. The van der Waals surface area contributed by atoms with Crippen molar-refractivity contribution in [2.24, 2.45) is 0 Å². The van der Waals surface area contributed by atoms with Crippen LogP contribution in [0, 0.1) is 0 Å². The normalized spacial score (nSPS) is 15.7. The van der Waals surface area contributed by atoms with Crippen LogP contribution in [0.5, 0.6) is 11.5 Å². The zero-order valence-corrected chi connectivity index (χ0v) is 17.9. The van der Waals surface area contributed by atoms with Crippen molar-refractivity contribution < 1.29 is 14.3 Å². The number of hydrogen-bond acceptors (Lipinski definition) is 6. The molecule has 31 heavy (non-hydrogen) atoms. The Morgan fingerprint density at radius 3 is 2.68 bits per heavy atom. The number of carbonyl (C=O) groups is 1. The Morgan fingerprint density at radius 2 is 1.84 bits per heavy atom. The molecule has 2 aromatic carbocycles. The second-order valence-electron chi connectivity index (χ2n) is 7.74. The third-order valence-electron chi connectivity index (χ3n) is 5.63. The van der Waals surface area contributed by atoms with Gasteiger partial charge in [-0.1, -0.05) is 61.4 Å². The van der Waals surface area contributed by atoms with Crippen molar-refractivity contribution >= 4 is 23.4 Å². The van der Waals surface area contributed by atoms with E-state index in [4.69, 9.17) is 9.47 Å². The lowest BCUT2D eigenvalue weighted by molar-refractivity contribution is -0.113. The zero-order valence-electron chi connectivity index (χ0n) is 17.1. The lowest BCUT2D eigenvalue weighted by atomic mass is 9.95. The molecule has 160 valence electrons. The molecular weight excluding hydrogens is 412 g/mol. The largest absolute Gasteiger partial charge is 0.454 e. The van der Waals surface area contributed by atoms with Crippen LogP contribution in [-0.2, 0) is 4.79 Å². The van der Waals surface area contributed by atoms with E-state index in [1.807, 2.05) is 24.3 Å². The molecule has 0 spiro atoms. The molecule has 0 saturated heterocycles. The van der Waals surface area contributed by atoms with Crippen molar-refractivity contribution in [3.63, 3.8) is 0 Å². The maximum absolute atomic E-state index is 12.6. The fourth-order valence-corrected chi connectivity index (χ4v) is 4.93. The lowest BCUT2D eigenvalue weighted by Crippen LogP contribution is -2.17. The van der Waals surface area contributed by atoms with E-state index in [2.05, 4.69) is 32.2 Å². The summed E-state index contributed by atoms with van der Waals surface area (Å²) in [7, 11) is 0. The summed E-state index contributed by atoms with van der Waals surface area (Å²) < 4.78 is 12.9. The standard InChI is InChI=1S/C23H24N4O3S/c28-21(24-17-11-12-19-20(13-17)30-15-29-19)14-31-23-26-25-22(16-7-3-1-4-8-16)27(23)18-9-5-2-6-10-18/h1,3-4,7-8,11-13,18H,2,5-6,9-10,14-15H2,(H,24,28). The van der Waals surface area contributed by atoms with Gasteiger partial charge in [0.1, 0.15) is 0 Å². The van der Waals surface area contributed by atoms with Gasteiger partial charge in [0.05, 0.1) is 5.75 Å². The quantitative estimate of drug-likeness (QED) is 0.553. The Labute approximate surface area is 185 Å². The number of benzene rings is 2. The van der Waals surface area contributed by atoms with Gasteiger partial charge in [-0.25, -0.2) is 0 Å². The van der Waals surface area contributed by atoms with E-state index < -0.39 is 0 Å². The van der Waals surface area contributed by atoms with Gasteiger partial charge in [-0.3, -0.25) is 9.36 Å². The monoisotopic (exact) mass is 436 g/mol. The van der Waals surface area contributed by atoms with Gasteiger partial charge < -0.3 is 14.8 Å². The summed E-state index contributed by atoms with van der Waals surface area (Å²) in [5.41, 5.74) is 1.74. The zero-order chi connectivity index (χ0) is 21.0. The highest BCUT2D eigenvalue weighted by Crippen LogP contribution is 2.36. The molecule has 1 aliphatic carbocycles. The second-order valence-corrected chi connectivity index (χ2v) is 8.68. The van der Waals surface area contributed by atoms with Crippen LogP contribution in [0.3, 0.4) is 0 Å². The Balaban J connectivity index is 1.31. The summed E-state index contributed by atoms with van der Waals surface area (Å²) in [4.78, 5) is 12.6. The summed E-state index contributed by atoms with van der Waals surface area (Å²) in [6.45, 7) is 0.211. The van der Waals surface area contributed by atoms with Crippen molar-refractivity contribution in [2.75, 3.05) is 17.9 Å². The summed E-state index contributed by atoms with van der Waals surface area (Å²) in [6.07, 6.45) is 5.95. The molecule has 1 amide bonds. The minimum absolute atomic E-state index is 0.0941. The highest BCUT2D eigenvalue weighted by molar-refractivity contribution is 7.99. The predicted octanol–water partition coefficient (Wildman–Crippen LogP) is 4.91. The van der Waals surface area contributed by atoms with Gasteiger partial charge in [-0.2, -0.15) is 0 Å². The molecule has 0 unspecified atom stereocenters. The van der Waals surface area contributed by atoms with Crippen LogP contribution < -0.4 is 14.8 Å². The molecule has 8 heteroatoms. The summed E-state index contributed by atoms with van der Waals surface area (Å²) in [6, 6.07) is 15.9. The van der Waals surface area contributed by atoms with Crippen LogP contribution in [-0.4, -0.2) is 33.2 Å². The molecule has 1 aliphatic heterocycles. The van der Waals surface area contributed by atoms with Crippen molar-refractivity contribution in [3.05, 3.63) is 48.5 Å². The van der Waals surface area contributed by atoms with Gasteiger partial charge in [0.25, 0.3) is 0 Å². The van der Waals surface area contributed by atoms with Gasteiger partial charge in [-0.05, 0) is 25.0 Å². The maximum atomic E-state index is 12.6. The van der Waals surface area contributed by atoms with Gasteiger partial charge in [-0.15, -0.1) is 10.2 Å². The van der Waals surface area contributed by atoms with Crippen LogP contribution in [0.4, 0.5) is 5.69 Å². The van der Waals surface area contributed by atoms with Crippen molar-refractivity contribution in [1.29, 1.82) is 0 Å². The second kappa shape index (κ2) is 9.01. The predicted molar refractivity (Wildman–Crippen MR) is 119 cm³/mol. The Hall–Kier alpha value is -3.00. The third kappa shape index (κ3) is 4.39. The van der Waals surface area contributed by atoms with Crippen LogP contribution in [0.1, 0.15) is 38.1 Å². The van der Waals surface area contributed by atoms with Gasteiger partial charge >= 0.3 is 0 Å². The number of hydrogen-bond donors (Lipinski definition) is 1. The van der Waals surface area contributed by atoms with Crippen LogP contribution in [0.15, 0.2) is 53.7 Å². The Bertz CT molecular complexity index is 1060. The highest BCUT2D eigenvalue weighted by atomic mass is 32.2. The Morgan fingerprint density at radius 1 is 1.03 bits per heavy atom. The van der Waals surface area contributed by atoms with Crippen molar-refractivity contribution in [1.82, 2.24) is 14.8 Å². The molecule has 0 atom stereocenters. The molecule has 0 bridgehead atoms. The van der Waals surface area contributed by atoms with E-state index in [0.29, 0.717) is 23.2 Å². The van der Waals surface area contributed by atoms with E-state index in [1.165, 1.54) is 31.0 Å². The molecular formula is C23H24N4O3S. The number of fused-ring (bicyclic) bond motifs is 1. The van der Waals surface area contributed by atoms with Crippen LogP contribution in [0.25, 0.3) is 11.4 Å². The SMILES string of the molecule is O=C(CSc1nnc(-c2ccccc2)n1C1CCCCC1)Nc1ccc2c(c1)OCO2. The van der Waals surface area contributed by atoms with Gasteiger partial charge in [0.2, 0.25) is 12.7 Å². The van der Waals surface area contributed by atoms with E-state index in [1.54, 1.807) is 12.1 Å². The number of carbonyl (C=O) groups excluding carboxylic acids is 1. The van der Waals surface area contributed by atoms with Crippen molar-refractivity contribution in [3.8, 4) is 22.9 Å². The first kappa shape index (κ1) is 19.9. The number of anilines is 1. The average molecular weight is 437 g/mol. The first-order valence-corrected chi connectivity index (χ1v) is 11.6. The fourth-order valence-electron chi connectivity index (χ4n) is 4.13. The van der Waals surface area contributed by atoms with Crippen LogP contribution >= 0.6 is 11.8 Å². The molecule has 7 nitrogen and oxygen atoms in total. The summed E-state index contributed by atoms with van der Waals surface area (Å²) in [5.74, 6) is 2.39. The number of nitrogens with one attached hydrogen (secondary N) is 1. The number of thioether (sulfide) groups is 1. The number of nitrogens with zero attached hydrogens (tertiary/aromatic N) is 3. The minimum atomic E-state index is -0.0941. The number of aromatic nitrogens is 3. The molecule has 2 aliphatic rings. The average Bonchev–Trinajstić information content (AvgIpc) is 3.45. The van der Waals surface area contributed by atoms with E-state index in [-0.39, 0.29) is 18.5 Å². The molecule has 1 N–H and O–H groups in total. The maximum Gasteiger partial charge on any atom is 0.234 e. The molecule has 1 fully saturated rings. The molecule has 0 radical (unpaired) electrons. The topological polar surface area (TPSA) is 78.3 Å².